The highest BCUT2D eigenvalue weighted by molar-refractivity contribution is 5.65. The van der Waals surface area contributed by atoms with Gasteiger partial charge in [0.25, 0.3) is 0 Å². The summed E-state index contributed by atoms with van der Waals surface area (Å²) >= 11 is 0. The molecule has 0 saturated heterocycles. The van der Waals surface area contributed by atoms with Crippen molar-refractivity contribution in [3.63, 3.8) is 0 Å². The zero-order valence-corrected chi connectivity index (χ0v) is 13.9. The normalized spacial score (nSPS) is 19.8. The van der Waals surface area contributed by atoms with E-state index in [1.807, 2.05) is 18.2 Å². The van der Waals surface area contributed by atoms with Crippen LogP contribution in [0.4, 0.5) is 4.39 Å². The van der Waals surface area contributed by atoms with Crippen LogP contribution in [0.5, 0.6) is 0 Å². The summed E-state index contributed by atoms with van der Waals surface area (Å²) < 4.78 is 14.2. The van der Waals surface area contributed by atoms with Crippen LogP contribution in [0.25, 0.3) is 11.1 Å². The van der Waals surface area contributed by atoms with E-state index in [1.54, 1.807) is 6.07 Å². The summed E-state index contributed by atoms with van der Waals surface area (Å²) in [6.07, 6.45) is 2.30. The van der Waals surface area contributed by atoms with E-state index in [1.165, 1.54) is 22.8 Å². The Morgan fingerprint density at radius 1 is 0.875 bits per heavy atom. The van der Waals surface area contributed by atoms with Gasteiger partial charge in [-0.2, -0.15) is 0 Å². The van der Waals surface area contributed by atoms with Crippen molar-refractivity contribution < 1.29 is 4.39 Å². The fourth-order valence-corrected chi connectivity index (χ4v) is 3.98. The van der Waals surface area contributed by atoms with Gasteiger partial charge in [0.2, 0.25) is 0 Å². The first-order valence-corrected chi connectivity index (χ1v) is 8.65. The van der Waals surface area contributed by atoms with Gasteiger partial charge >= 0.3 is 0 Å². The molecule has 3 aromatic carbocycles. The Bertz CT molecular complexity index is 865. The van der Waals surface area contributed by atoms with Crippen LogP contribution in [0.2, 0.25) is 0 Å². The first-order chi connectivity index (χ1) is 11.7. The molecule has 0 nitrogen and oxygen atoms in total. The molecule has 1 aliphatic carbocycles. The molecule has 0 amide bonds. The molecule has 0 aliphatic heterocycles. The third kappa shape index (κ3) is 2.75. The molecule has 0 bridgehead atoms. The fraction of sp³-hybridized carbons (Fsp3) is 0.217. The van der Waals surface area contributed by atoms with Crippen molar-refractivity contribution >= 4 is 0 Å². The summed E-state index contributed by atoms with van der Waals surface area (Å²) in [5, 5.41) is 0. The van der Waals surface area contributed by atoms with Crippen molar-refractivity contribution in [1.82, 2.24) is 0 Å². The minimum Gasteiger partial charge on any atom is -0.206 e. The Kier molecular flexibility index (Phi) is 3.93. The van der Waals surface area contributed by atoms with Gasteiger partial charge in [-0.3, -0.25) is 0 Å². The Morgan fingerprint density at radius 2 is 1.67 bits per heavy atom. The van der Waals surface area contributed by atoms with E-state index < -0.39 is 0 Å². The number of halogens is 1. The minimum absolute atomic E-state index is 0.160. The maximum atomic E-state index is 14.2. The highest BCUT2D eigenvalue weighted by atomic mass is 19.1. The summed E-state index contributed by atoms with van der Waals surface area (Å²) in [6.45, 7) is 2.32. The summed E-state index contributed by atoms with van der Waals surface area (Å²) in [5.41, 5.74) is 5.81. The van der Waals surface area contributed by atoms with E-state index in [0.29, 0.717) is 17.4 Å². The SMILES string of the molecule is C[C@@H]1Cc2ccccc2[C@H](c2cccc(-c3ccccc3F)c2)C1. The summed E-state index contributed by atoms with van der Waals surface area (Å²) in [7, 11) is 0. The maximum Gasteiger partial charge on any atom is 0.131 e. The van der Waals surface area contributed by atoms with E-state index in [9.17, 15) is 4.39 Å². The molecule has 24 heavy (non-hydrogen) atoms. The summed E-state index contributed by atoms with van der Waals surface area (Å²) in [4.78, 5) is 0. The molecule has 0 radical (unpaired) electrons. The molecule has 0 aromatic heterocycles. The molecule has 0 N–H and O–H groups in total. The van der Waals surface area contributed by atoms with Crippen LogP contribution in [0.3, 0.4) is 0 Å². The molecule has 0 saturated carbocycles. The van der Waals surface area contributed by atoms with Crippen molar-refractivity contribution in [3.8, 4) is 11.1 Å². The molecule has 0 fully saturated rings. The lowest BCUT2D eigenvalue weighted by Gasteiger charge is -2.30. The number of hydrogen-bond acceptors (Lipinski definition) is 0. The van der Waals surface area contributed by atoms with Gasteiger partial charge in [-0.15, -0.1) is 0 Å². The van der Waals surface area contributed by atoms with Crippen LogP contribution in [0.1, 0.15) is 36.0 Å². The van der Waals surface area contributed by atoms with Crippen LogP contribution in [0, 0.1) is 11.7 Å². The number of hydrogen-bond donors (Lipinski definition) is 0. The quantitative estimate of drug-likeness (QED) is 0.527. The summed E-state index contributed by atoms with van der Waals surface area (Å²) in [5.74, 6) is 0.908. The van der Waals surface area contributed by atoms with Crippen LogP contribution in [-0.2, 0) is 6.42 Å². The lowest BCUT2D eigenvalue weighted by atomic mass is 9.74. The van der Waals surface area contributed by atoms with Gasteiger partial charge in [0.1, 0.15) is 5.82 Å². The summed E-state index contributed by atoms with van der Waals surface area (Å²) in [6, 6.07) is 24.2. The van der Waals surface area contributed by atoms with E-state index in [4.69, 9.17) is 0 Å². The number of benzene rings is 3. The molecular formula is C23H21F. The molecular weight excluding hydrogens is 295 g/mol. The van der Waals surface area contributed by atoms with Crippen LogP contribution < -0.4 is 0 Å². The van der Waals surface area contributed by atoms with Crippen molar-refractivity contribution in [3.05, 3.63) is 95.3 Å². The lowest BCUT2D eigenvalue weighted by molar-refractivity contribution is 0.464. The fourth-order valence-electron chi connectivity index (χ4n) is 3.98. The van der Waals surface area contributed by atoms with Gasteiger partial charge in [0, 0.05) is 11.5 Å². The predicted molar refractivity (Wildman–Crippen MR) is 97.6 cm³/mol. The van der Waals surface area contributed by atoms with Gasteiger partial charge in [0.15, 0.2) is 0 Å². The zero-order valence-electron chi connectivity index (χ0n) is 13.9. The van der Waals surface area contributed by atoms with Gasteiger partial charge in [-0.1, -0.05) is 73.7 Å². The molecule has 4 rings (SSSR count). The third-order valence-corrected chi connectivity index (χ3v) is 5.11. The predicted octanol–water partition coefficient (Wildman–Crippen LogP) is 6.21. The second-order valence-electron chi connectivity index (χ2n) is 6.90. The van der Waals surface area contributed by atoms with Crippen LogP contribution >= 0.6 is 0 Å². The molecule has 3 aromatic rings. The second-order valence-corrected chi connectivity index (χ2v) is 6.90. The molecule has 1 heteroatoms. The maximum absolute atomic E-state index is 14.2. The van der Waals surface area contributed by atoms with Gasteiger partial charge in [-0.25, -0.2) is 4.39 Å². The average Bonchev–Trinajstić information content (AvgIpc) is 2.61. The molecule has 0 unspecified atom stereocenters. The Hall–Kier alpha value is -2.41. The van der Waals surface area contributed by atoms with E-state index >= 15 is 0 Å². The second kappa shape index (κ2) is 6.24. The van der Waals surface area contributed by atoms with Crippen molar-refractivity contribution in [2.75, 3.05) is 0 Å². The molecule has 0 heterocycles. The van der Waals surface area contributed by atoms with Crippen molar-refractivity contribution in [2.45, 2.75) is 25.7 Å². The van der Waals surface area contributed by atoms with Gasteiger partial charge in [0.05, 0.1) is 0 Å². The molecule has 0 spiro atoms. The monoisotopic (exact) mass is 316 g/mol. The Labute approximate surface area is 143 Å². The van der Waals surface area contributed by atoms with E-state index in [0.717, 1.165) is 18.4 Å². The third-order valence-electron chi connectivity index (χ3n) is 5.11. The molecule has 1 aliphatic rings. The highest BCUT2D eigenvalue weighted by Gasteiger charge is 2.25. The number of fused-ring (bicyclic) bond motifs is 1. The first-order valence-electron chi connectivity index (χ1n) is 8.65. The van der Waals surface area contributed by atoms with Gasteiger partial charge < -0.3 is 0 Å². The Balaban J connectivity index is 1.79. The smallest absolute Gasteiger partial charge is 0.131 e. The van der Waals surface area contributed by atoms with E-state index in [-0.39, 0.29) is 5.82 Å². The van der Waals surface area contributed by atoms with Crippen LogP contribution in [0.15, 0.2) is 72.8 Å². The standard InChI is InChI=1S/C23H21F/c1-16-13-17-7-2-3-10-20(17)22(14-16)19-9-6-8-18(15-19)21-11-4-5-12-23(21)24/h2-12,15-16,22H,13-14H2,1H3/t16-,22+/m1/s1. The molecule has 120 valence electrons. The minimum atomic E-state index is -0.160. The van der Waals surface area contributed by atoms with Crippen molar-refractivity contribution in [1.29, 1.82) is 0 Å². The zero-order chi connectivity index (χ0) is 16.5. The van der Waals surface area contributed by atoms with Gasteiger partial charge in [-0.05, 0) is 47.1 Å². The Morgan fingerprint density at radius 3 is 2.54 bits per heavy atom. The highest BCUT2D eigenvalue weighted by Crippen LogP contribution is 2.40. The molecule has 2 atom stereocenters. The largest absolute Gasteiger partial charge is 0.206 e. The van der Waals surface area contributed by atoms with Crippen molar-refractivity contribution in [2.24, 2.45) is 5.92 Å². The average molecular weight is 316 g/mol. The number of rotatable bonds is 2. The first kappa shape index (κ1) is 15.1. The lowest BCUT2D eigenvalue weighted by Crippen LogP contribution is -2.17. The van der Waals surface area contributed by atoms with E-state index in [2.05, 4.69) is 49.4 Å². The van der Waals surface area contributed by atoms with Crippen LogP contribution in [-0.4, -0.2) is 0 Å². The topological polar surface area (TPSA) is 0 Å².